The molecule has 1 heterocycles. The lowest BCUT2D eigenvalue weighted by molar-refractivity contribution is -0.119. The van der Waals surface area contributed by atoms with Crippen LogP contribution in [0.2, 0.25) is 0 Å². The van der Waals surface area contributed by atoms with Gasteiger partial charge in [0.05, 0.1) is 22.6 Å². The van der Waals surface area contributed by atoms with E-state index < -0.39 is 10.0 Å². The van der Waals surface area contributed by atoms with Crippen molar-refractivity contribution in [2.45, 2.75) is 31.4 Å². The fourth-order valence-electron chi connectivity index (χ4n) is 3.05. The van der Waals surface area contributed by atoms with Crippen molar-refractivity contribution in [3.8, 4) is 0 Å². The molecule has 0 saturated carbocycles. The Balaban J connectivity index is 1.71. The summed E-state index contributed by atoms with van der Waals surface area (Å²) in [6.45, 7) is 5.93. The number of sulfonamides is 1. The largest absolute Gasteiger partial charge is 0.468 e. The number of furan rings is 1. The summed E-state index contributed by atoms with van der Waals surface area (Å²) >= 11 is 1.64. The van der Waals surface area contributed by atoms with E-state index in [9.17, 15) is 13.2 Å². The minimum absolute atomic E-state index is 0.156. The van der Waals surface area contributed by atoms with E-state index in [-0.39, 0.29) is 17.3 Å². The molecule has 0 spiro atoms. The molecule has 2 aromatic carbocycles. The van der Waals surface area contributed by atoms with Gasteiger partial charge >= 0.3 is 0 Å². The molecule has 1 N–H and O–H groups in total. The van der Waals surface area contributed by atoms with E-state index in [0.29, 0.717) is 18.0 Å². The second-order valence-electron chi connectivity index (χ2n) is 7.58. The Morgan fingerprint density at radius 1 is 1.03 bits per heavy atom. The lowest BCUT2D eigenvalue weighted by Crippen LogP contribution is -2.41. The summed E-state index contributed by atoms with van der Waals surface area (Å²) < 4.78 is 33.3. The zero-order chi connectivity index (χ0) is 23.1. The minimum Gasteiger partial charge on any atom is -0.468 e. The Labute approximate surface area is 194 Å². The Morgan fingerprint density at radius 3 is 2.44 bits per heavy atom. The number of hydrogen-bond donors (Lipinski definition) is 1. The van der Waals surface area contributed by atoms with E-state index in [2.05, 4.69) is 5.32 Å². The summed E-state index contributed by atoms with van der Waals surface area (Å²) in [4.78, 5) is 12.8. The molecule has 0 aliphatic rings. The Hall–Kier alpha value is -2.71. The summed E-state index contributed by atoms with van der Waals surface area (Å²) in [5.41, 5.74) is 3.45. The molecule has 0 aliphatic heterocycles. The van der Waals surface area contributed by atoms with Gasteiger partial charge in [-0.1, -0.05) is 23.8 Å². The molecule has 3 rings (SSSR count). The molecule has 6 nitrogen and oxygen atoms in total. The van der Waals surface area contributed by atoms with Gasteiger partial charge in [-0.05, 0) is 68.3 Å². The number of benzene rings is 2. The van der Waals surface area contributed by atoms with Gasteiger partial charge in [0.2, 0.25) is 5.91 Å². The average molecular weight is 473 g/mol. The number of anilines is 1. The predicted molar refractivity (Wildman–Crippen MR) is 130 cm³/mol. The Morgan fingerprint density at radius 2 is 1.78 bits per heavy atom. The maximum absolute atomic E-state index is 13.4. The van der Waals surface area contributed by atoms with Gasteiger partial charge in [-0.3, -0.25) is 9.10 Å². The molecule has 32 heavy (non-hydrogen) atoms. The smallest absolute Gasteiger partial charge is 0.264 e. The highest BCUT2D eigenvalue weighted by atomic mass is 32.2. The lowest BCUT2D eigenvalue weighted by Gasteiger charge is -2.25. The molecular weight excluding hydrogens is 444 g/mol. The van der Waals surface area contributed by atoms with Crippen molar-refractivity contribution in [2.24, 2.45) is 0 Å². The molecule has 0 atom stereocenters. The van der Waals surface area contributed by atoms with Crippen molar-refractivity contribution in [1.82, 2.24) is 5.32 Å². The number of nitrogens with one attached hydrogen (secondary N) is 1. The van der Waals surface area contributed by atoms with Gasteiger partial charge in [0.25, 0.3) is 10.0 Å². The first-order chi connectivity index (χ1) is 15.3. The number of carbonyl (C=O) groups excluding carboxylic acids is 1. The standard InChI is InChI=1S/C24H28N2O4S2/c1-18-6-10-23(11-7-18)32(28,29)26(21-9-8-19(2)20(3)15-21)16-24(27)25-12-14-31-17-22-5-4-13-30-22/h4-11,13,15H,12,14,16-17H2,1-3H3,(H,25,27). The number of rotatable bonds is 10. The minimum atomic E-state index is -3.91. The van der Waals surface area contributed by atoms with Gasteiger partial charge in [0.1, 0.15) is 12.3 Å². The maximum Gasteiger partial charge on any atom is 0.264 e. The molecule has 0 saturated heterocycles. The molecule has 170 valence electrons. The van der Waals surface area contributed by atoms with Gasteiger partial charge in [0, 0.05) is 12.3 Å². The highest BCUT2D eigenvalue weighted by molar-refractivity contribution is 7.98. The van der Waals surface area contributed by atoms with Crippen molar-refractivity contribution in [3.05, 3.63) is 83.3 Å². The topological polar surface area (TPSA) is 79.6 Å². The quantitative estimate of drug-likeness (QED) is 0.441. The van der Waals surface area contributed by atoms with Crippen LogP contribution >= 0.6 is 11.8 Å². The van der Waals surface area contributed by atoms with Crippen LogP contribution in [0.5, 0.6) is 0 Å². The fraction of sp³-hybridized carbons (Fsp3) is 0.292. The van der Waals surface area contributed by atoms with Crippen LogP contribution in [0.4, 0.5) is 5.69 Å². The third-order valence-electron chi connectivity index (χ3n) is 5.07. The lowest BCUT2D eigenvalue weighted by atomic mass is 10.1. The molecular formula is C24H28N2O4S2. The number of hydrogen-bond acceptors (Lipinski definition) is 5. The summed E-state index contributed by atoms with van der Waals surface area (Å²) in [6.07, 6.45) is 1.63. The van der Waals surface area contributed by atoms with E-state index in [0.717, 1.165) is 28.2 Å². The van der Waals surface area contributed by atoms with Crippen molar-refractivity contribution < 1.29 is 17.6 Å². The molecule has 1 aromatic heterocycles. The van der Waals surface area contributed by atoms with E-state index in [1.165, 1.54) is 4.31 Å². The number of thioether (sulfide) groups is 1. The maximum atomic E-state index is 13.4. The highest BCUT2D eigenvalue weighted by Crippen LogP contribution is 2.26. The summed E-state index contributed by atoms with van der Waals surface area (Å²) in [5.74, 6) is 1.95. The van der Waals surface area contributed by atoms with E-state index in [1.807, 2.05) is 39.0 Å². The van der Waals surface area contributed by atoms with E-state index in [4.69, 9.17) is 4.42 Å². The second-order valence-corrected chi connectivity index (χ2v) is 10.5. The van der Waals surface area contributed by atoms with Crippen LogP contribution in [0.15, 0.2) is 70.2 Å². The summed E-state index contributed by atoms with van der Waals surface area (Å²) in [6, 6.07) is 15.8. The first-order valence-electron chi connectivity index (χ1n) is 10.3. The van der Waals surface area contributed by atoms with Crippen LogP contribution < -0.4 is 9.62 Å². The fourth-order valence-corrected chi connectivity index (χ4v) is 5.22. The van der Waals surface area contributed by atoms with Crippen LogP contribution in [-0.2, 0) is 20.6 Å². The third kappa shape index (κ3) is 6.17. The number of nitrogens with zero attached hydrogens (tertiary/aromatic N) is 1. The van der Waals surface area contributed by atoms with Crippen LogP contribution in [0.1, 0.15) is 22.5 Å². The van der Waals surface area contributed by atoms with E-state index >= 15 is 0 Å². The third-order valence-corrected chi connectivity index (χ3v) is 7.84. The SMILES string of the molecule is Cc1ccc(S(=O)(=O)N(CC(=O)NCCSCc2ccco2)c2ccc(C)c(C)c2)cc1. The van der Waals surface area contributed by atoms with Gasteiger partial charge in [-0.25, -0.2) is 8.42 Å². The molecule has 0 radical (unpaired) electrons. The molecule has 0 fully saturated rings. The zero-order valence-corrected chi connectivity index (χ0v) is 20.1. The highest BCUT2D eigenvalue weighted by Gasteiger charge is 2.27. The van der Waals surface area contributed by atoms with Crippen LogP contribution in [0.25, 0.3) is 0 Å². The van der Waals surface area contributed by atoms with Crippen LogP contribution in [0.3, 0.4) is 0 Å². The number of amides is 1. The second kappa shape index (κ2) is 10.7. The zero-order valence-electron chi connectivity index (χ0n) is 18.5. The normalized spacial score (nSPS) is 11.3. The van der Waals surface area contributed by atoms with Crippen molar-refractivity contribution in [3.63, 3.8) is 0 Å². The number of carbonyl (C=O) groups is 1. The van der Waals surface area contributed by atoms with Crippen LogP contribution in [0, 0.1) is 20.8 Å². The molecule has 3 aromatic rings. The first-order valence-corrected chi connectivity index (χ1v) is 12.9. The molecule has 8 heteroatoms. The summed E-state index contributed by atoms with van der Waals surface area (Å²) in [5, 5.41) is 2.83. The molecule has 0 aliphatic carbocycles. The Bertz CT molecular complexity index is 1140. The van der Waals surface area contributed by atoms with E-state index in [1.54, 1.807) is 54.4 Å². The van der Waals surface area contributed by atoms with Gasteiger partial charge in [-0.15, -0.1) is 0 Å². The Kier molecular flexibility index (Phi) is 8.04. The molecule has 1 amide bonds. The molecule has 0 bridgehead atoms. The average Bonchev–Trinajstić information content (AvgIpc) is 3.27. The van der Waals surface area contributed by atoms with Crippen molar-refractivity contribution >= 4 is 33.4 Å². The van der Waals surface area contributed by atoms with Crippen LogP contribution in [-0.4, -0.2) is 33.2 Å². The number of aryl methyl sites for hydroxylation is 3. The first kappa shape index (κ1) is 23.9. The van der Waals surface area contributed by atoms with Crippen molar-refractivity contribution in [2.75, 3.05) is 23.1 Å². The molecule has 0 unspecified atom stereocenters. The summed E-state index contributed by atoms with van der Waals surface area (Å²) in [7, 11) is -3.91. The predicted octanol–water partition coefficient (Wildman–Crippen LogP) is 4.45. The van der Waals surface area contributed by atoms with Gasteiger partial charge in [0.15, 0.2) is 0 Å². The van der Waals surface area contributed by atoms with Crippen molar-refractivity contribution in [1.29, 1.82) is 0 Å². The monoisotopic (exact) mass is 472 g/mol. The van der Waals surface area contributed by atoms with Gasteiger partial charge < -0.3 is 9.73 Å². The van der Waals surface area contributed by atoms with Gasteiger partial charge in [-0.2, -0.15) is 11.8 Å².